The zero-order valence-corrected chi connectivity index (χ0v) is 11.8. The van der Waals surface area contributed by atoms with Crippen molar-refractivity contribution in [2.75, 3.05) is 13.7 Å². The van der Waals surface area contributed by atoms with E-state index in [1.165, 1.54) is 9.75 Å². The molecule has 0 saturated carbocycles. The largest absolute Gasteiger partial charge is 0.380 e. The summed E-state index contributed by atoms with van der Waals surface area (Å²) in [6.45, 7) is 10.6. The first-order chi connectivity index (χ1) is 7.43. The van der Waals surface area contributed by atoms with E-state index >= 15 is 0 Å². The molecule has 2 nitrogen and oxygen atoms in total. The number of ether oxygens (including phenoxy) is 1. The van der Waals surface area contributed by atoms with E-state index in [1.807, 2.05) is 11.3 Å². The Balaban J connectivity index is 2.34. The summed E-state index contributed by atoms with van der Waals surface area (Å²) in [4.78, 5) is 2.76. The summed E-state index contributed by atoms with van der Waals surface area (Å²) < 4.78 is 5.50. The molecule has 0 amide bonds. The van der Waals surface area contributed by atoms with Gasteiger partial charge in [0.1, 0.15) is 0 Å². The lowest BCUT2D eigenvalue weighted by Gasteiger charge is -2.29. The van der Waals surface area contributed by atoms with Gasteiger partial charge in [-0.1, -0.05) is 20.8 Å². The molecule has 0 fully saturated rings. The minimum absolute atomic E-state index is 0.188. The molecule has 0 aliphatic heterocycles. The van der Waals surface area contributed by atoms with E-state index in [-0.39, 0.29) is 11.5 Å². The summed E-state index contributed by atoms with van der Waals surface area (Å²) in [6.07, 6.45) is 0.258. The highest BCUT2D eigenvalue weighted by molar-refractivity contribution is 7.11. The van der Waals surface area contributed by atoms with Crippen LogP contribution in [0.4, 0.5) is 0 Å². The molecule has 16 heavy (non-hydrogen) atoms. The van der Waals surface area contributed by atoms with Gasteiger partial charge in [0.15, 0.2) is 0 Å². The second-order valence-electron chi connectivity index (χ2n) is 5.23. The number of hydrogen-bond acceptors (Lipinski definition) is 3. The predicted molar refractivity (Wildman–Crippen MR) is 71.0 cm³/mol. The van der Waals surface area contributed by atoms with Crippen LogP contribution < -0.4 is 5.32 Å². The van der Waals surface area contributed by atoms with Gasteiger partial charge in [0.25, 0.3) is 0 Å². The van der Waals surface area contributed by atoms with Gasteiger partial charge in [-0.15, -0.1) is 11.3 Å². The number of thiophene rings is 1. The Hall–Kier alpha value is -0.380. The Kier molecular flexibility index (Phi) is 4.96. The van der Waals surface area contributed by atoms with Gasteiger partial charge >= 0.3 is 0 Å². The summed E-state index contributed by atoms with van der Waals surface area (Å²) in [5.41, 5.74) is 0.188. The van der Waals surface area contributed by atoms with Crippen LogP contribution in [-0.4, -0.2) is 19.8 Å². The maximum absolute atomic E-state index is 5.50. The summed E-state index contributed by atoms with van der Waals surface area (Å²) in [6, 6.07) is 4.35. The molecule has 0 radical (unpaired) electrons. The molecule has 0 saturated heterocycles. The third-order valence-electron chi connectivity index (χ3n) is 2.68. The fraction of sp³-hybridized carbons (Fsp3) is 0.692. The van der Waals surface area contributed by atoms with Crippen LogP contribution in [0.1, 0.15) is 30.5 Å². The standard InChI is InChI=1S/C13H23NOS/c1-10-6-7-11(16-10)8-14-9-12(15-5)13(2,3)4/h6-7,12,14H,8-9H2,1-5H3. The van der Waals surface area contributed by atoms with Crippen LogP contribution in [0.2, 0.25) is 0 Å². The predicted octanol–water partition coefficient (Wildman–Crippen LogP) is 3.21. The molecule has 1 aromatic rings. The quantitative estimate of drug-likeness (QED) is 0.854. The van der Waals surface area contributed by atoms with Gasteiger partial charge in [0.2, 0.25) is 0 Å². The van der Waals surface area contributed by atoms with Gasteiger partial charge in [-0.3, -0.25) is 0 Å². The molecule has 0 spiro atoms. The fourth-order valence-corrected chi connectivity index (χ4v) is 2.51. The van der Waals surface area contributed by atoms with E-state index < -0.39 is 0 Å². The first-order valence-corrected chi connectivity index (χ1v) is 6.54. The van der Waals surface area contributed by atoms with Crippen LogP contribution in [0.5, 0.6) is 0 Å². The molecule has 0 bridgehead atoms. The van der Waals surface area contributed by atoms with Crippen molar-refractivity contribution in [2.45, 2.75) is 40.3 Å². The van der Waals surface area contributed by atoms with E-state index in [9.17, 15) is 0 Å². The number of methoxy groups -OCH3 is 1. The first-order valence-electron chi connectivity index (χ1n) is 5.72. The van der Waals surface area contributed by atoms with Crippen molar-refractivity contribution in [3.8, 4) is 0 Å². The van der Waals surface area contributed by atoms with Crippen molar-refractivity contribution < 1.29 is 4.74 Å². The number of nitrogens with one attached hydrogen (secondary N) is 1. The smallest absolute Gasteiger partial charge is 0.0743 e. The van der Waals surface area contributed by atoms with Crippen molar-refractivity contribution in [1.29, 1.82) is 0 Å². The van der Waals surface area contributed by atoms with Gasteiger partial charge in [-0.25, -0.2) is 0 Å². The highest BCUT2D eigenvalue weighted by Gasteiger charge is 2.23. The Bertz CT molecular complexity index is 314. The van der Waals surface area contributed by atoms with Crippen molar-refractivity contribution in [2.24, 2.45) is 5.41 Å². The molecule has 1 unspecified atom stereocenters. The molecule has 1 rings (SSSR count). The molecular weight excluding hydrogens is 218 g/mol. The first kappa shape index (κ1) is 13.7. The lowest BCUT2D eigenvalue weighted by atomic mass is 9.89. The number of rotatable bonds is 5. The van der Waals surface area contributed by atoms with Gasteiger partial charge in [0.05, 0.1) is 6.10 Å². The molecular formula is C13H23NOS. The maximum Gasteiger partial charge on any atom is 0.0743 e. The summed E-state index contributed by atoms with van der Waals surface area (Å²) in [5, 5.41) is 3.46. The minimum atomic E-state index is 0.188. The minimum Gasteiger partial charge on any atom is -0.380 e. The van der Waals surface area contributed by atoms with Gasteiger partial charge in [-0.2, -0.15) is 0 Å². The lowest BCUT2D eigenvalue weighted by Crippen LogP contribution is -2.37. The number of hydrogen-bond donors (Lipinski definition) is 1. The summed E-state index contributed by atoms with van der Waals surface area (Å²) >= 11 is 1.85. The van der Waals surface area contributed by atoms with Gasteiger partial charge < -0.3 is 10.1 Å². The van der Waals surface area contributed by atoms with Crippen molar-refractivity contribution in [1.82, 2.24) is 5.32 Å². The topological polar surface area (TPSA) is 21.3 Å². The normalized spacial score (nSPS) is 14.1. The Labute approximate surface area is 103 Å². The average Bonchev–Trinajstić information content (AvgIpc) is 2.57. The van der Waals surface area contributed by atoms with Crippen molar-refractivity contribution >= 4 is 11.3 Å². The molecule has 3 heteroatoms. The van der Waals surface area contributed by atoms with Crippen LogP contribution in [0.15, 0.2) is 12.1 Å². The lowest BCUT2D eigenvalue weighted by molar-refractivity contribution is 0.0174. The van der Waals surface area contributed by atoms with Crippen molar-refractivity contribution in [3.05, 3.63) is 21.9 Å². The number of aryl methyl sites for hydroxylation is 1. The van der Waals surface area contributed by atoms with Crippen LogP contribution in [0.3, 0.4) is 0 Å². The molecule has 92 valence electrons. The van der Waals surface area contributed by atoms with E-state index in [0.717, 1.165) is 13.1 Å². The summed E-state index contributed by atoms with van der Waals surface area (Å²) in [7, 11) is 1.78. The van der Waals surface area contributed by atoms with Crippen LogP contribution in [-0.2, 0) is 11.3 Å². The molecule has 1 heterocycles. The Morgan fingerprint density at radius 2 is 2.06 bits per heavy atom. The van der Waals surface area contributed by atoms with Crippen LogP contribution in [0, 0.1) is 12.3 Å². The fourth-order valence-electron chi connectivity index (χ4n) is 1.65. The zero-order chi connectivity index (χ0) is 12.2. The second kappa shape index (κ2) is 5.80. The summed E-state index contributed by atoms with van der Waals surface area (Å²) in [5.74, 6) is 0. The maximum atomic E-state index is 5.50. The molecule has 1 aromatic heterocycles. The molecule has 0 aliphatic carbocycles. The molecule has 1 atom stereocenters. The third kappa shape index (κ3) is 4.24. The van der Waals surface area contributed by atoms with Crippen LogP contribution in [0.25, 0.3) is 0 Å². The van der Waals surface area contributed by atoms with Crippen molar-refractivity contribution in [3.63, 3.8) is 0 Å². The molecule has 0 aromatic carbocycles. The van der Waals surface area contributed by atoms with Gasteiger partial charge in [0, 0.05) is 30.0 Å². The van der Waals surface area contributed by atoms with E-state index in [1.54, 1.807) is 7.11 Å². The molecule has 1 N–H and O–H groups in total. The SMILES string of the molecule is COC(CNCc1ccc(C)s1)C(C)(C)C. The second-order valence-corrected chi connectivity index (χ2v) is 6.61. The highest BCUT2D eigenvalue weighted by Crippen LogP contribution is 2.21. The third-order valence-corrected chi connectivity index (χ3v) is 3.68. The van der Waals surface area contributed by atoms with Crippen LogP contribution >= 0.6 is 11.3 Å². The average molecular weight is 241 g/mol. The highest BCUT2D eigenvalue weighted by atomic mass is 32.1. The van der Waals surface area contributed by atoms with Gasteiger partial charge in [-0.05, 0) is 24.5 Å². The molecule has 0 aliphatic rings. The Morgan fingerprint density at radius 3 is 2.50 bits per heavy atom. The van der Waals surface area contributed by atoms with E-state index in [0.29, 0.717) is 0 Å². The zero-order valence-electron chi connectivity index (χ0n) is 11.0. The van der Waals surface area contributed by atoms with E-state index in [4.69, 9.17) is 4.74 Å². The monoisotopic (exact) mass is 241 g/mol. The van der Waals surface area contributed by atoms with E-state index in [2.05, 4.69) is 45.1 Å². The Morgan fingerprint density at radius 1 is 1.38 bits per heavy atom.